The van der Waals surface area contributed by atoms with Gasteiger partial charge in [-0.2, -0.15) is 0 Å². The van der Waals surface area contributed by atoms with Gasteiger partial charge in [-0.25, -0.2) is 9.79 Å². The summed E-state index contributed by atoms with van der Waals surface area (Å²) in [5, 5.41) is 0. The van der Waals surface area contributed by atoms with Crippen LogP contribution in [0, 0.1) is 13.8 Å². The van der Waals surface area contributed by atoms with E-state index in [1.54, 1.807) is 12.1 Å². The van der Waals surface area contributed by atoms with Crippen molar-refractivity contribution in [3.63, 3.8) is 0 Å². The first-order valence-corrected chi connectivity index (χ1v) is 6.28. The Morgan fingerprint density at radius 2 is 1.90 bits per heavy atom. The summed E-state index contributed by atoms with van der Waals surface area (Å²) in [6, 6.07) is 11.3. The van der Waals surface area contributed by atoms with E-state index in [0.717, 1.165) is 16.9 Å². The van der Waals surface area contributed by atoms with Crippen LogP contribution in [-0.4, -0.2) is 11.9 Å². The van der Waals surface area contributed by atoms with Crippen molar-refractivity contribution in [2.24, 2.45) is 4.99 Å². The topological polar surface area (TPSA) is 51.8 Å². The van der Waals surface area contributed by atoms with Crippen LogP contribution < -0.4 is 0 Å². The molecule has 0 bridgehead atoms. The van der Waals surface area contributed by atoms with Gasteiger partial charge in [-0.15, -0.1) is 0 Å². The number of rotatable bonds is 2. The van der Waals surface area contributed by atoms with E-state index < -0.39 is 5.97 Å². The molecule has 3 rings (SSSR count). The van der Waals surface area contributed by atoms with E-state index in [1.807, 2.05) is 44.2 Å². The molecule has 0 unspecified atom stereocenters. The average molecular weight is 267 g/mol. The molecule has 0 spiro atoms. The number of carbonyl (C=O) groups is 1. The molecule has 0 saturated carbocycles. The third-order valence-electron chi connectivity index (χ3n) is 3.04. The number of cyclic esters (lactones) is 1. The van der Waals surface area contributed by atoms with Crippen LogP contribution >= 0.6 is 0 Å². The van der Waals surface area contributed by atoms with Gasteiger partial charge >= 0.3 is 5.97 Å². The predicted octanol–water partition coefficient (Wildman–Crippen LogP) is 3.24. The number of hydrogen-bond donors (Lipinski definition) is 0. The van der Waals surface area contributed by atoms with Crippen LogP contribution in [0.4, 0.5) is 0 Å². The third kappa shape index (κ3) is 2.28. The van der Waals surface area contributed by atoms with E-state index in [-0.39, 0.29) is 5.70 Å². The molecule has 2 aromatic rings. The number of aryl methyl sites for hydroxylation is 2. The highest BCUT2D eigenvalue weighted by molar-refractivity contribution is 6.13. The maximum absolute atomic E-state index is 11.8. The minimum Gasteiger partial charge on any atom is -0.462 e. The molecule has 4 nitrogen and oxygen atoms in total. The van der Waals surface area contributed by atoms with Crippen LogP contribution in [-0.2, 0) is 9.53 Å². The van der Waals surface area contributed by atoms with Crippen LogP contribution in [0.2, 0.25) is 0 Å². The van der Waals surface area contributed by atoms with E-state index in [1.165, 1.54) is 0 Å². The summed E-state index contributed by atoms with van der Waals surface area (Å²) in [6.07, 6.45) is 1.58. The standard InChI is InChI=1S/C16H13NO3/c1-10-5-3-4-6-13(10)15-17-14(16(18)20-15)9-12-8-7-11(2)19-12/h3-9H,1-2H3/b14-9-. The van der Waals surface area contributed by atoms with Gasteiger partial charge in [0.1, 0.15) is 11.5 Å². The summed E-state index contributed by atoms with van der Waals surface area (Å²) in [7, 11) is 0. The first kappa shape index (κ1) is 12.4. The molecule has 0 saturated heterocycles. The Hall–Kier alpha value is -2.62. The van der Waals surface area contributed by atoms with Crippen LogP contribution in [0.5, 0.6) is 0 Å². The molecular formula is C16H13NO3. The normalized spacial score (nSPS) is 16.4. The average Bonchev–Trinajstić information content (AvgIpc) is 2.98. The molecule has 0 N–H and O–H groups in total. The second kappa shape index (κ2) is 4.81. The first-order valence-electron chi connectivity index (χ1n) is 6.28. The maximum Gasteiger partial charge on any atom is 0.363 e. The van der Waals surface area contributed by atoms with Gasteiger partial charge in [0, 0.05) is 11.6 Å². The Bertz CT molecular complexity index is 738. The molecule has 20 heavy (non-hydrogen) atoms. The molecular weight excluding hydrogens is 254 g/mol. The van der Waals surface area contributed by atoms with Gasteiger partial charge in [-0.3, -0.25) is 0 Å². The SMILES string of the molecule is Cc1ccc(/C=C2\N=C(c3ccccc3C)OC2=O)o1. The van der Waals surface area contributed by atoms with Crippen molar-refractivity contribution in [2.75, 3.05) is 0 Å². The van der Waals surface area contributed by atoms with E-state index in [0.29, 0.717) is 11.7 Å². The van der Waals surface area contributed by atoms with Gasteiger partial charge in [-0.1, -0.05) is 18.2 Å². The molecule has 1 aromatic carbocycles. The van der Waals surface area contributed by atoms with E-state index in [2.05, 4.69) is 4.99 Å². The Labute approximate surface area is 116 Å². The van der Waals surface area contributed by atoms with Crippen molar-refractivity contribution in [2.45, 2.75) is 13.8 Å². The molecule has 4 heteroatoms. The number of esters is 1. The number of ether oxygens (including phenoxy) is 1. The van der Waals surface area contributed by atoms with Gasteiger partial charge < -0.3 is 9.15 Å². The van der Waals surface area contributed by atoms with Crippen molar-refractivity contribution in [3.05, 3.63) is 64.7 Å². The Balaban J connectivity index is 1.97. The van der Waals surface area contributed by atoms with Gasteiger partial charge in [-0.05, 0) is 37.6 Å². The fourth-order valence-electron chi connectivity index (χ4n) is 2.00. The van der Waals surface area contributed by atoms with Crippen molar-refractivity contribution in [3.8, 4) is 0 Å². The Morgan fingerprint density at radius 3 is 2.60 bits per heavy atom. The lowest BCUT2D eigenvalue weighted by atomic mass is 10.1. The molecule has 100 valence electrons. The van der Waals surface area contributed by atoms with Crippen molar-refractivity contribution in [1.29, 1.82) is 0 Å². The number of nitrogens with zero attached hydrogens (tertiary/aromatic N) is 1. The number of aliphatic imine (C=N–C) groups is 1. The highest BCUT2D eigenvalue weighted by Crippen LogP contribution is 2.21. The smallest absolute Gasteiger partial charge is 0.363 e. The number of carbonyl (C=O) groups excluding carboxylic acids is 1. The zero-order valence-corrected chi connectivity index (χ0v) is 11.2. The lowest BCUT2D eigenvalue weighted by molar-refractivity contribution is -0.129. The summed E-state index contributed by atoms with van der Waals surface area (Å²) in [6.45, 7) is 3.79. The summed E-state index contributed by atoms with van der Waals surface area (Å²) in [4.78, 5) is 16.1. The number of hydrogen-bond acceptors (Lipinski definition) is 4. The van der Waals surface area contributed by atoms with Crippen LogP contribution in [0.3, 0.4) is 0 Å². The minimum absolute atomic E-state index is 0.248. The van der Waals surface area contributed by atoms with Gasteiger partial charge in [0.05, 0.1) is 0 Å². The van der Waals surface area contributed by atoms with E-state index >= 15 is 0 Å². The summed E-state index contributed by atoms with van der Waals surface area (Å²) >= 11 is 0. The second-order valence-corrected chi connectivity index (χ2v) is 4.60. The molecule has 0 amide bonds. The number of furan rings is 1. The Morgan fingerprint density at radius 1 is 1.10 bits per heavy atom. The lowest BCUT2D eigenvalue weighted by Gasteiger charge is -2.02. The first-order chi connectivity index (χ1) is 9.63. The maximum atomic E-state index is 11.8. The Kier molecular flexibility index (Phi) is 2.99. The molecule has 1 aliphatic heterocycles. The molecule has 0 fully saturated rings. The van der Waals surface area contributed by atoms with Crippen LogP contribution in [0.15, 0.2) is 51.5 Å². The zero-order chi connectivity index (χ0) is 14.1. The zero-order valence-electron chi connectivity index (χ0n) is 11.2. The van der Waals surface area contributed by atoms with Gasteiger partial charge in [0.2, 0.25) is 5.90 Å². The minimum atomic E-state index is -0.461. The molecule has 2 heterocycles. The monoisotopic (exact) mass is 267 g/mol. The summed E-state index contributed by atoms with van der Waals surface area (Å²) < 4.78 is 10.6. The fourth-order valence-corrected chi connectivity index (χ4v) is 2.00. The lowest BCUT2D eigenvalue weighted by Crippen LogP contribution is -2.06. The van der Waals surface area contributed by atoms with Crippen LogP contribution in [0.1, 0.15) is 22.6 Å². The van der Waals surface area contributed by atoms with Crippen molar-refractivity contribution in [1.82, 2.24) is 0 Å². The van der Waals surface area contributed by atoms with E-state index in [4.69, 9.17) is 9.15 Å². The predicted molar refractivity (Wildman–Crippen MR) is 75.2 cm³/mol. The van der Waals surface area contributed by atoms with Crippen LogP contribution in [0.25, 0.3) is 6.08 Å². The van der Waals surface area contributed by atoms with Crippen molar-refractivity contribution < 1.29 is 13.9 Å². The number of benzene rings is 1. The molecule has 1 aromatic heterocycles. The largest absolute Gasteiger partial charge is 0.462 e. The molecule has 0 atom stereocenters. The summed E-state index contributed by atoms with van der Waals surface area (Å²) in [5.41, 5.74) is 2.08. The fraction of sp³-hybridized carbons (Fsp3) is 0.125. The third-order valence-corrected chi connectivity index (χ3v) is 3.04. The quantitative estimate of drug-likeness (QED) is 0.620. The van der Waals surface area contributed by atoms with Gasteiger partial charge in [0.15, 0.2) is 5.70 Å². The molecule has 0 radical (unpaired) electrons. The second-order valence-electron chi connectivity index (χ2n) is 4.60. The van der Waals surface area contributed by atoms with Gasteiger partial charge in [0.25, 0.3) is 0 Å². The van der Waals surface area contributed by atoms with E-state index in [9.17, 15) is 4.79 Å². The summed E-state index contributed by atoms with van der Waals surface area (Å²) in [5.74, 6) is 1.25. The van der Waals surface area contributed by atoms with Crippen molar-refractivity contribution >= 4 is 17.9 Å². The molecule has 0 aliphatic carbocycles. The highest BCUT2D eigenvalue weighted by atomic mass is 16.6. The molecule has 1 aliphatic rings. The highest BCUT2D eigenvalue weighted by Gasteiger charge is 2.25.